The summed E-state index contributed by atoms with van der Waals surface area (Å²) in [5.41, 5.74) is 2.09. The van der Waals surface area contributed by atoms with Crippen molar-refractivity contribution in [3.05, 3.63) is 63.1 Å². The lowest BCUT2D eigenvalue weighted by Crippen LogP contribution is -2.52. The Bertz CT molecular complexity index is 947. The molecule has 0 saturated heterocycles. The van der Waals surface area contributed by atoms with E-state index < -0.39 is 6.04 Å². The molecule has 2 aromatic rings. The van der Waals surface area contributed by atoms with Crippen LogP contribution in [0, 0.1) is 6.92 Å². The molecule has 1 saturated carbocycles. The van der Waals surface area contributed by atoms with Crippen molar-refractivity contribution in [2.45, 2.75) is 64.6 Å². The summed E-state index contributed by atoms with van der Waals surface area (Å²) in [6, 6.07) is 12.9. The predicted octanol–water partition coefficient (Wildman–Crippen LogP) is 5.66. The lowest BCUT2D eigenvalue weighted by molar-refractivity contribution is -0.143. The van der Waals surface area contributed by atoms with E-state index in [-0.39, 0.29) is 24.5 Å². The fraction of sp³-hybridized carbons (Fsp3) is 0.440. The van der Waals surface area contributed by atoms with E-state index in [1.807, 2.05) is 38.1 Å². The highest BCUT2D eigenvalue weighted by Gasteiger charge is 2.31. The molecule has 1 fully saturated rings. The van der Waals surface area contributed by atoms with Gasteiger partial charge in [0.15, 0.2) is 6.61 Å². The van der Waals surface area contributed by atoms with Gasteiger partial charge in [-0.2, -0.15) is 0 Å². The maximum atomic E-state index is 13.3. The lowest BCUT2D eigenvalue weighted by atomic mass is 10.1. The van der Waals surface area contributed by atoms with Gasteiger partial charge in [0.2, 0.25) is 5.91 Å². The number of ether oxygens (including phenoxy) is 1. The zero-order chi connectivity index (χ0) is 23.1. The summed E-state index contributed by atoms with van der Waals surface area (Å²) in [5, 5.41) is 3.57. The molecule has 0 aromatic heterocycles. The zero-order valence-electron chi connectivity index (χ0n) is 18.6. The minimum absolute atomic E-state index is 0.0953. The van der Waals surface area contributed by atoms with Gasteiger partial charge in [0.1, 0.15) is 11.8 Å². The molecule has 5 nitrogen and oxygen atoms in total. The first-order valence-electron chi connectivity index (χ1n) is 11.1. The molecule has 32 heavy (non-hydrogen) atoms. The second-order valence-corrected chi connectivity index (χ2v) is 9.61. The molecule has 1 atom stereocenters. The molecule has 1 N–H and O–H groups in total. The van der Waals surface area contributed by atoms with Crippen LogP contribution in [0.4, 0.5) is 0 Å². The Kier molecular flexibility index (Phi) is 9.00. The quantitative estimate of drug-likeness (QED) is 0.463. The van der Waals surface area contributed by atoms with Gasteiger partial charge in [-0.3, -0.25) is 9.59 Å². The standard InChI is InChI=1S/C25H30BrClN2O3/c1-3-22(25(31)28-20-9-4-5-10-20)29(15-18-8-6-7-17(2)13-18)24(30)16-32-23-12-11-19(26)14-21(23)27/h6-8,11-14,20,22H,3-5,9-10,15-16H2,1-2H3,(H,28,31)/t22-/m0/s1. The summed E-state index contributed by atoms with van der Waals surface area (Å²) in [6.45, 7) is 4.09. The van der Waals surface area contributed by atoms with Crippen LogP contribution >= 0.6 is 27.5 Å². The van der Waals surface area contributed by atoms with Crippen molar-refractivity contribution in [1.29, 1.82) is 0 Å². The van der Waals surface area contributed by atoms with E-state index in [9.17, 15) is 9.59 Å². The summed E-state index contributed by atoms with van der Waals surface area (Å²) >= 11 is 9.59. The first-order chi connectivity index (χ1) is 15.4. The van der Waals surface area contributed by atoms with Crippen molar-refractivity contribution in [1.82, 2.24) is 10.2 Å². The van der Waals surface area contributed by atoms with Crippen LogP contribution in [-0.2, 0) is 16.1 Å². The van der Waals surface area contributed by atoms with Crippen LogP contribution in [0.25, 0.3) is 0 Å². The van der Waals surface area contributed by atoms with E-state index >= 15 is 0 Å². The molecule has 0 bridgehead atoms. The van der Waals surface area contributed by atoms with E-state index in [2.05, 4.69) is 21.2 Å². The molecule has 3 rings (SSSR count). The summed E-state index contributed by atoms with van der Waals surface area (Å²) < 4.78 is 6.56. The van der Waals surface area contributed by atoms with Crippen LogP contribution in [0.5, 0.6) is 5.75 Å². The van der Waals surface area contributed by atoms with Crippen LogP contribution in [0.2, 0.25) is 5.02 Å². The largest absolute Gasteiger partial charge is 0.482 e. The zero-order valence-corrected chi connectivity index (χ0v) is 20.9. The summed E-state index contributed by atoms with van der Waals surface area (Å²) in [4.78, 5) is 28.1. The number of rotatable bonds is 9. The Morgan fingerprint density at radius 1 is 1.22 bits per heavy atom. The highest BCUT2D eigenvalue weighted by Crippen LogP contribution is 2.28. The van der Waals surface area contributed by atoms with E-state index in [0.29, 0.717) is 23.7 Å². The number of hydrogen-bond donors (Lipinski definition) is 1. The molecule has 1 aliphatic carbocycles. The molecule has 7 heteroatoms. The highest BCUT2D eigenvalue weighted by atomic mass is 79.9. The van der Waals surface area contributed by atoms with Gasteiger partial charge in [-0.25, -0.2) is 0 Å². The van der Waals surface area contributed by atoms with Crippen molar-refractivity contribution >= 4 is 39.3 Å². The molecule has 0 radical (unpaired) electrons. The second-order valence-electron chi connectivity index (χ2n) is 8.29. The van der Waals surface area contributed by atoms with Crippen LogP contribution in [0.3, 0.4) is 0 Å². The molecule has 0 heterocycles. The second kappa shape index (κ2) is 11.7. The highest BCUT2D eigenvalue weighted by molar-refractivity contribution is 9.10. The summed E-state index contributed by atoms with van der Waals surface area (Å²) in [7, 11) is 0. The van der Waals surface area contributed by atoms with Gasteiger partial charge in [0.05, 0.1) is 5.02 Å². The summed E-state index contributed by atoms with van der Waals surface area (Å²) in [6.07, 6.45) is 4.79. The molecule has 1 aliphatic rings. The molecule has 172 valence electrons. The Balaban J connectivity index is 1.77. The Morgan fingerprint density at radius 2 is 1.97 bits per heavy atom. The lowest BCUT2D eigenvalue weighted by Gasteiger charge is -2.31. The van der Waals surface area contributed by atoms with Gasteiger partial charge in [0.25, 0.3) is 5.91 Å². The third-order valence-corrected chi connectivity index (χ3v) is 6.56. The van der Waals surface area contributed by atoms with Crippen molar-refractivity contribution < 1.29 is 14.3 Å². The number of halogens is 2. The third-order valence-electron chi connectivity index (χ3n) is 5.77. The number of carbonyl (C=O) groups is 2. The van der Waals surface area contributed by atoms with Gasteiger partial charge in [0, 0.05) is 17.1 Å². The monoisotopic (exact) mass is 520 g/mol. The number of benzene rings is 2. The molecular weight excluding hydrogens is 492 g/mol. The fourth-order valence-corrected chi connectivity index (χ4v) is 4.84. The maximum absolute atomic E-state index is 13.3. The van der Waals surface area contributed by atoms with E-state index in [0.717, 1.165) is 41.3 Å². The van der Waals surface area contributed by atoms with Crippen molar-refractivity contribution in [3.63, 3.8) is 0 Å². The van der Waals surface area contributed by atoms with E-state index in [4.69, 9.17) is 16.3 Å². The van der Waals surface area contributed by atoms with Crippen LogP contribution in [0.15, 0.2) is 46.9 Å². The van der Waals surface area contributed by atoms with Gasteiger partial charge < -0.3 is 15.0 Å². The van der Waals surface area contributed by atoms with Crippen molar-refractivity contribution in [3.8, 4) is 5.75 Å². The normalized spacial score (nSPS) is 14.8. The number of amides is 2. The molecule has 2 amide bonds. The van der Waals surface area contributed by atoms with Crippen LogP contribution < -0.4 is 10.1 Å². The number of nitrogens with zero attached hydrogens (tertiary/aromatic N) is 1. The maximum Gasteiger partial charge on any atom is 0.261 e. The Hall–Kier alpha value is -2.05. The fourth-order valence-electron chi connectivity index (χ4n) is 4.11. The smallest absolute Gasteiger partial charge is 0.261 e. The molecular formula is C25H30BrClN2O3. The summed E-state index contributed by atoms with van der Waals surface area (Å²) in [5.74, 6) is 0.0863. The number of hydrogen-bond acceptors (Lipinski definition) is 3. The molecule has 0 spiro atoms. The van der Waals surface area contributed by atoms with Gasteiger partial charge >= 0.3 is 0 Å². The molecule has 0 aliphatic heterocycles. The average Bonchev–Trinajstić information content (AvgIpc) is 3.26. The minimum Gasteiger partial charge on any atom is -0.482 e. The van der Waals surface area contributed by atoms with Crippen molar-refractivity contribution in [2.75, 3.05) is 6.61 Å². The molecule has 0 unspecified atom stereocenters. The number of carbonyl (C=O) groups excluding carboxylic acids is 2. The van der Waals surface area contributed by atoms with Gasteiger partial charge in [-0.05, 0) is 49.9 Å². The average molecular weight is 522 g/mol. The first kappa shape index (κ1) is 24.6. The minimum atomic E-state index is -0.562. The van der Waals surface area contributed by atoms with Crippen LogP contribution in [0.1, 0.15) is 50.2 Å². The van der Waals surface area contributed by atoms with Crippen molar-refractivity contribution in [2.24, 2.45) is 0 Å². The van der Waals surface area contributed by atoms with E-state index in [1.54, 1.807) is 23.1 Å². The van der Waals surface area contributed by atoms with Crippen LogP contribution in [-0.4, -0.2) is 35.4 Å². The topological polar surface area (TPSA) is 58.6 Å². The number of aryl methyl sites for hydroxylation is 1. The first-order valence-corrected chi connectivity index (χ1v) is 12.3. The van der Waals surface area contributed by atoms with Gasteiger partial charge in [-0.1, -0.05) is 77.1 Å². The third kappa shape index (κ3) is 6.72. The Labute approximate surface area is 203 Å². The molecule has 2 aromatic carbocycles. The SMILES string of the molecule is CC[C@@H](C(=O)NC1CCCC1)N(Cc1cccc(C)c1)C(=O)COc1ccc(Br)cc1Cl. The van der Waals surface area contributed by atoms with E-state index in [1.165, 1.54) is 0 Å². The Morgan fingerprint density at radius 3 is 2.62 bits per heavy atom. The predicted molar refractivity (Wildman–Crippen MR) is 131 cm³/mol. The number of nitrogens with one attached hydrogen (secondary N) is 1. The van der Waals surface area contributed by atoms with Gasteiger partial charge in [-0.15, -0.1) is 0 Å².